The van der Waals surface area contributed by atoms with Crippen molar-refractivity contribution >= 4 is 11.6 Å². The lowest BCUT2D eigenvalue weighted by Gasteiger charge is -2.30. The van der Waals surface area contributed by atoms with Gasteiger partial charge in [0.15, 0.2) is 0 Å². The Labute approximate surface area is 123 Å². The summed E-state index contributed by atoms with van der Waals surface area (Å²) in [5, 5.41) is 5.64. The second kappa shape index (κ2) is 5.56. The number of anilines is 1. The lowest BCUT2D eigenvalue weighted by atomic mass is 9.77. The van der Waals surface area contributed by atoms with Crippen molar-refractivity contribution in [3.8, 4) is 0 Å². The molecule has 2 N–H and O–H groups in total. The van der Waals surface area contributed by atoms with Gasteiger partial charge in [0.2, 0.25) is 0 Å². The molecule has 0 spiro atoms. The van der Waals surface area contributed by atoms with E-state index in [9.17, 15) is 9.18 Å². The van der Waals surface area contributed by atoms with Gasteiger partial charge in [0.05, 0.1) is 11.3 Å². The lowest BCUT2D eigenvalue weighted by Crippen LogP contribution is -2.33. The summed E-state index contributed by atoms with van der Waals surface area (Å²) < 4.78 is 13.6. The summed E-state index contributed by atoms with van der Waals surface area (Å²) in [5.41, 5.74) is 3.22. The minimum Gasteiger partial charge on any atom is -0.385 e. The number of fused-ring (bicyclic) bond motifs is 1. The van der Waals surface area contributed by atoms with Gasteiger partial charge in [0.1, 0.15) is 5.82 Å². The number of carbonyl (C=O) groups excluding carboxylic acids is 1. The molecule has 2 aromatic rings. The molecule has 1 unspecified atom stereocenters. The topological polar surface area (TPSA) is 41.1 Å². The van der Waals surface area contributed by atoms with Gasteiger partial charge < -0.3 is 10.6 Å². The zero-order valence-electron chi connectivity index (χ0n) is 11.8. The smallest absolute Gasteiger partial charge is 0.253 e. The van der Waals surface area contributed by atoms with Crippen LogP contribution in [0.1, 0.15) is 27.4 Å². The Bertz CT molecular complexity index is 684. The van der Waals surface area contributed by atoms with Crippen molar-refractivity contribution in [3.05, 3.63) is 65.0 Å². The van der Waals surface area contributed by atoms with Crippen molar-refractivity contribution in [1.82, 2.24) is 5.32 Å². The molecule has 3 nitrogen and oxygen atoms in total. The molecule has 1 atom stereocenters. The van der Waals surface area contributed by atoms with Crippen molar-refractivity contribution in [2.24, 2.45) is 0 Å². The van der Waals surface area contributed by atoms with Crippen molar-refractivity contribution in [1.29, 1.82) is 0 Å². The summed E-state index contributed by atoms with van der Waals surface area (Å²) in [5.74, 6) is -0.306. The van der Waals surface area contributed by atoms with Crippen LogP contribution < -0.4 is 10.6 Å². The number of carbonyl (C=O) groups is 1. The van der Waals surface area contributed by atoms with E-state index in [1.807, 2.05) is 12.1 Å². The first-order chi connectivity index (χ1) is 10.2. The van der Waals surface area contributed by atoms with Crippen LogP contribution in [0.2, 0.25) is 0 Å². The van der Waals surface area contributed by atoms with E-state index in [0.717, 1.165) is 6.42 Å². The van der Waals surface area contributed by atoms with Crippen molar-refractivity contribution in [2.75, 3.05) is 18.9 Å². The third-order valence-corrected chi connectivity index (χ3v) is 3.98. The van der Waals surface area contributed by atoms with E-state index >= 15 is 0 Å². The standard InChI is InChI=1S/C17H17FN2O/c1-19-16-14(7-4-8-15(16)18)17(21)20-10-12-9-11-5-2-3-6-13(11)12/h2-8,12,19H,9-10H2,1H3,(H,20,21). The summed E-state index contributed by atoms with van der Waals surface area (Å²) in [6.45, 7) is 0.579. The second-order valence-corrected chi connectivity index (χ2v) is 5.22. The van der Waals surface area contributed by atoms with Gasteiger partial charge in [0, 0.05) is 19.5 Å². The molecule has 0 aliphatic heterocycles. The molecular weight excluding hydrogens is 267 g/mol. The molecule has 3 rings (SSSR count). The maximum Gasteiger partial charge on any atom is 0.253 e. The summed E-state index contributed by atoms with van der Waals surface area (Å²) >= 11 is 0. The lowest BCUT2D eigenvalue weighted by molar-refractivity contribution is 0.0950. The van der Waals surface area contributed by atoms with Crippen LogP contribution in [0, 0.1) is 5.82 Å². The number of hydrogen-bond donors (Lipinski definition) is 2. The molecule has 4 heteroatoms. The fourth-order valence-corrected chi connectivity index (χ4v) is 2.82. The Morgan fingerprint density at radius 3 is 2.81 bits per heavy atom. The van der Waals surface area contributed by atoms with Gasteiger partial charge in [-0.15, -0.1) is 0 Å². The van der Waals surface area contributed by atoms with E-state index in [-0.39, 0.29) is 11.6 Å². The molecule has 1 aliphatic rings. The Morgan fingerprint density at radius 1 is 1.24 bits per heavy atom. The van der Waals surface area contributed by atoms with Gasteiger partial charge in [-0.25, -0.2) is 4.39 Å². The van der Waals surface area contributed by atoms with Gasteiger partial charge in [-0.1, -0.05) is 30.3 Å². The minimum atomic E-state index is -0.417. The molecule has 0 saturated heterocycles. The first-order valence-electron chi connectivity index (χ1n) is 7.03. The minimum absolute atomic E-state index is 0.240. The van der Waals surface area contributed by atoms with Crippen LogP contribution in [0.25, 0.3) is 0 Å². The third kappa shape index (κ3) is 2.49. The highest BCUT2D eigenvalue weighted by Crippen LogP contribution is 2.34. The van der Waals surface area contributed by atoms with Gasteiger partial charge >= 0.3 is 0 Å². The Balaban J connectivity index is 1.67. The first kappa shape index (κ1) is 13.6. The van der Waals surface area contributed by atoms with E-state index in [0.29, 0.717) is 18.0 Å². The average molecular weight is 284 g/mol. The number of halogens is 1. The predicted octanol–water partition coefficient (Wildman–Crippen LogP) is 2.94. The first-order valence-corrected chi connectivity index (χ1v) is 7.03. The van der Waals surface area contributed by atoms with Gasteiger partial charge in [-0.05, 0) is 29.7 Å². The number of nitrogens with one attached hydrogen (secondary N) is 2. The van der Waals surface area contributed by atoms with Crippen LogP contribution in [0.4, 0.5) is 10.1 Å². The highest BCUT2D eigenvalue weighted by atomic mass is 19.1. The second-order valence-electron chi connectivity index (χ2n) is 5.22. The fourth-order valence-electron chi connectivity index (χ4n) is 2.82. The van der Waals surface area contributed by atoms with Gasteiger partial charge in [0.25, 0.3) is 5.91 Å². The molecule has 0 saturated carbocycles. The number of amides is 1. The SMILES string of the molecule is CNc1c(F)cccc1C(=O)NCC1Cc2ccccc21. The third-order valence-electron chi connectivity index (χ3n) is 3.98. The zero-order chi connectivity index (χ0) is 14.8. The summed E-state index contributed by atoms with van der Waals surface area (Å²) in [6.07, 6.45) is 0.985. The summed E-state index contributed by atoms with van der Waals surface area (Å²) in [7, 11) is 1.61. The van der Waals surface area contributed by atoms with E-state index in [1.54, 1.807) is 19.2 Å². The average Bonchev–Trinajstić information content (AvgIpc) is 2.47. The number of para-hydroxylation sites is 1. The van der Waals surface area contributed by atoms with E-state index in [2.05, 4.69) is 22.8 Å². The normalized spacial score (nSPS) is 15.8. The quantitative estimate of drug-likeness (QED) is 0.906. The molecule has 0 bridgehead atoms. The Hall–Kier alpha value is -2.36. The van der Waals surface area contributed by atoms with Crippen LogP contribution >= 0.6 is 0 Å². The van der Waals surface area contributed by atoms with Crippen LogP contribution in [0.15, 0.2) is 42.5 Å². The Kier molecular flexibility index (Phi) is 3.60. The highest BCUT2D eigenvalue weighted by Gasteiger charge is 2.26. The van der Waals surface area contributed by atoms with E-state index < -0.39 is 5.82 Å². The molecular formula is C17H17FN2O. The molecule has 2 aromatic carbocycles. The molecule has 21 heavy (non-hydrogen) atoms. The molecule has 1 aliphatic carbocycles. The van der Waals surface area contributed by atoms with Crippen molar-refractivity contribution < 1.29 is 9.18 Å². The zero-order valence-corrected chi connectivity index (χ0v) is 11.8. The number of hydrogen-bond acceptors (Lipinski definition) is 2. The predicted molar refractivity (Wildman–Crippen MR) is 81.2 cm³/mol. The fraction of sp³-hybridized carbons (Fsp3) is 0.235. The van der Waals surface area contributed by atoms with Crippen molar-refractivity contribution in [2.45, 2.75) is 12.3 Å². The number of rotatable bonds is 4. The number of benzene rings is 2. The van der Waals surface area contributed by atoms with Crippen molar-refractivity contribution in [3.63, 3.8) is 0 Å². The van der Waals surface area contributed by atoms with Gasteiger partial charge in [-0.2, -0.15) is 0 Å². The monoisotopic (exact) mass is 284 g/mol. The molecule has 0 heterocycles. The van der Waals surface area contributed by atoms with Crippen LogP contribution in [0.5, 0.6) is 0 Å². The molecule has 108 valence electrons. The van der Waals surface area contributed by atoms with Crippen LogP contribution in [-0.2, 0) is 6.42 Å². The largest absolute Gasteiger partial charge is 0.385 e. The maximum absolute atomic E-state index is 13.6. The molecule has 0 radical (unpaired) electrons. The van der Waals surface area contributed by atoms with Gasteiger partial charge in [-0.3, -0.25) is 4.79 Å². The van der Waals surface area contributed by atoms with Crippen LogP contribution in [-0.4, -0.2) is 19.5 Å². The Morgan fingerprint density at radius 2 is 2.05 bits per heavy atom. The van der Waals surface area contributed by atoms with E-state index in [4.69, 9.17) is 0 Å². The highest BCUT2D eigenvalue weighted by molar-refractivity contribution is 5.99. The maximum atomic E-state index is 13.6. The van der Waals surface area contributed by atoms with E-state index in [1.165, 1.54) is 17.2 Å². The summed E-state index contributed by atoms with van der Waals surface area (Å²) in [6, 6.07) is 12.8. The van der Waals surface area contributed by atoms with Crippen LogP contribution in [0.3, 0.4) is 0 Å². The summed E-state index contributed by atoms with van der Waals surface area (Å²) in [4.78, 5) is 12.2. The molecule has 1 amide bonds. The molecule has 0 aromatic heterocycles. The molecule has 0 fully saturated rings.